The quantitative estimate of drug-likeness (QED) is 0.0384. The third-order valence-electron chi connectivity index (χ3n) is 12.4. The van der Waals surface area contributed by atoms with Crippen molar-refractivity contribution in [2.75, 3.05) is 152 Å². The average molecular weight is 1410 g/mol. The number of nitrogens with one attached hydrogen (secondary N) is 2. The van der Waals surface area contributed by atoms with Gasteiger partial charge in [0.15, 0.2) is 0 Å². The molecule has 0 saturated carbocycles. The number of amides is 3. The number of hydrogen-bond acceptors (Lipinski definition) is 15. The molecule has 39 heteroatoms. The van der Waals surface area contributed by atoms with Crippen molar-refractivity contribution >= 4 is 35.6 Å². The predicted molar refractivity (Wildman–Crippen MR) is 250 cm³/mol. The Morgan fingerprint density at radius 2 is 0.929 bits per heavy atom. The second-order valence-electron chi connectivity index (χ2n) is 18.9. The Morgan fingerprint density at radius 1 is 0.536 bits per heavy atom. The Morgan fingerprint density at radius 3 is 1.35 bits per heavy atom. The van der Waals surface area contributed by atoms with Crippen LogP contribution >= 0.6 is 0 Å². The number of carbonyl (C=O) groups is 6. The van der Waals surface area contributed by atoms with Gasteiger partial charge < -0.3 is 54.9 Å². The number of ether oxygens (including phenoxy) is 4. The number of carbonyl (C=O) groups excluding carboxylic acids is 3. The van der Waals surface area contributed by atoms with Gasteiger partial charge in [-0.3, -0.25) is 48.4 Å². The molecule has 2 atom stereocenters. The molecule has 1 fully saturated rings. The summed E-state index contributed by atoms with van der Waals surface area (Å²) < 4.78 is 257. The van der Waals surface area contributed by atoms with E-state index in [-0.39, 0.29) is 150 Å². The number of likely N-dealkylation sites (N-methyl/N-ethyl adjacent to an activating group) is 1. The second-order valence-corrected chi connectivity index (χ2v) is 18.9. The molecule has 492 valence electrons. The Hall–Kier alpha value is -3.41. The molecule has 1 heterocycles. The first-order valence-corrected chi connectivity index (χ1v) is 25.1. The summed E-state index contributed by atoms with van der Waals surface area (Å²) in [6.07, 6.45) is -14.3. The summed E-state index contributed by atoms with van der Waals surface area (Å²) in [6.45, 7) is -2.93. The maximum Gasteiger partial charge on any atom is 2.00 e. The van der Waals surface area contributed by atoms with Gasteiger partial charge >= 0.3 is 105 Å². The summed E-state index contributed by atoms with van der Waals surface area (Å²) in [6, 6.07) is -1.92. The minimum atomic E-state index is -8.83. The van der Waals surface area contributed by atoms with Gasteiger partial charge in [0, 0.05) is 99.0 Å². The van der Waals surface area contributed by atoms with Crippen LogP contribution in [0.3, 0.4) is 0 Å². The second kappa shape index (κ2) is 36.2. The van der Waals surface area contributed by atoms with Crippen LogP contribution in [-0.2, 0) is 47.7 Å². The molecular formula is C45H68F17GdN7O14+2. The number of aliphatic hydroxyl groups excluding tert-OH is 1. The number of aliphatic carboxylic acids is 3. The van der Waals surface area contributed by atoms with Gasteiger partial charge in [0.2, 0.25) is 17.7 Å². The van der Waals surface area contributed by atoms with E-state index in [4.69, 9.17) is 18.9 Å². The first-order chi connectivity index (χ1) is 38.1. The van der Waals surface area contributed by atoms with E-state index < -0.39 is 154 Å². The summed E-state index contributed by atoms with van der Waals surface area (Å²) in [4.78, 5) is 79.8. The minimum absolute atomic E-state index is 0. The molecule has 21 nitrogen and oxygen atoms in total. The fourth-order valence-corrected chi connectivity index (χ4v) is 7.56. The van der Waals surface area contributed by atoms with E-state index in [2.05, 4.69) is 10.6 Å². The van der Waals surface area contributed by atoms with Crippen molar-refractivity contribution in [3.63, 3.8) is 0 Å². The normalized spacial score (nSPS) is 16.6. The van der Waals surface area contributed by atoms with Crippen molar-refractivity contribution in [1.29, 1.82) is 0 Å². The van der Waals surface area contributed by atoms with Crippen molar-refractivity contribution in [3.05, 3.63) is 0 Å². The third kappa shape index (κ3) is 24.6. The third-order valence-corrected chi connectivity index (χ3v) is 12.4. The number of β-amino-alcohol motifs (C(OH)–C–C–N with tert-alkyl or cyclic N) is 1. The SMILES string of the molecule is COCCOCCOCCOCC(=O)NCCCC[C@@H](NC(=O)CCC(O)CN1CCN(CC(=O)O)CCN(CC(=O)O)CCN(CC(=O)O)CC1)C(=O)N(C)CCC(F)(F)C(F)(F)C(F)(F)C(F)(F)C(F)(F)C(F)(F)C(F)(F)C(F)(F)F.[Gd+2]. The first kappa shape index (κ1) is 80.6. The van der Waals surface area contributed by atoms with Crippen LogP contribution in [0.4, 0.5) is 74.6 Å². The van der Waals surface area contributed by atoms with Gasteiger partial charge in [0.05, 0.1) is 65.4 Å². The fraction of sp³-hybridized carbons (Fsp3) is 0.867. The molecule has 1 aliphatic rings. The summed E-state index contributed by atoms with van der Waals surface area (Å²) in [7, 11) is 1.94. The zero-order chi connectivity index (χ0) is 63.8. The molecule has 1 aliphatic heterocycles. The van der Waals surface area contributed by atoms with E-state index in [0.717, 1.165) is 0 Å². The van der Waals surface area contributed by atoms with E-state index in [0.29, 0.717) is 20.3 Å². The van der Waals surface area contributed by atoms with Gasteiger partial charge in [0.25, 0.3) is 0 Å². The number of methoxy groups -OCH3 is 1. The van der Waals surface area contributed by atoms with Crippen molar-refractivity contribution in [2.24, 2.45) is 0 Å². The largest absolute Gasteiger partial charge is 2.00 e. The van der Waals surface area contributed by atoms with E-state index in [1.807, 2.05) is 0 Å². The number of carboxylic acids is 3. The Bertz CT molecular complexity index is 2020. The molecule has 84 heavy (non-hydrogen) atoms. The zero-order valence-electron chi connectivity index (χ0n) is 45.1. The van der Waals surface area contributed by atoms with Crippen LogP contribution in [0.2, 0.25) is 0 Å². The minimum Gasteiger partial charge on any atom is -0.480 e. The number of rotatable bonds is 38. The number of alkyl halides is 17. The molecule has 1 saturated heterocycles. The maximum atomic E-state index is 14.9. The smallest absolute Gasteiger partial charge is 0.480 e. The number of aliphatic hydroxyl groups is 1. The first-order valence-electron chi connectivity index (χ1n) is 25.1. The van der Waals surface area contributed by atoms with E-state index in [1.54, 1.807) is 4.90 Å². The van der Waals surface area contributed by atoms with Crippen molar-refractivity contribution in [3.8, 4) is 0 Å². The van der Waals surface area contributed by atoms with Crippen LogP contribution in [0.5, 0.6) is 0 Å². The molecule has 0 aromatic carbocycles. The van der Waals surface area contributed by atoms with Gasteiger partial charge in [-0.25, -0.2) is 0 Å². The summed E-state index contributed by atoms with van der Waals surface area (Å²) in [5.41, 5.74) is 0. The van der Waals surface area contributed by atoms with Gasteiger partial charge in [-0.1, -0.05) is 0 Å². The van der Waals surface area contributed by atoms with Crippen LogP contribution in [0.1, 0.15) is 38.5 Å². The van der Waals surface area contributed by atoms with Gasteiger partial charge in [-0.2, -0.15) is 74.6 Å². The van der Waals surface area contributed by atoms with E-state index in [9.17, 15) is 124 Å². The fourth-order valence-electron chi connectivity index (χ4n) is 7.56. The van der Waals surface area contributed by atoms with Crippen molar-refractivity contribution in [2.45, 2.75) is 98.3 Å². The topological polar surface area (TPSA) is 261 Å². The summed E-state index contributed by atoms with van der Waals surface area (Å²) in [5, 5.41) is 43.9. The number of halogens is 17. The molecule has 0 radical (unpaired) electrons. The maximum absolute atomic E-state index is 14.9. The van der Waals surface area contributed by atoms with E-state index >= 15 is 0 Å². The molecule has 0 bridgehead atoms. The Labute approximate surface area is 501 Å². The van der Waals surface area contributed by atoms with Crippen LogP contribution in [0.15, 0.2) is 0 Å². The number of carboxylic acid groups (broad SMARTS) is 3. The van der Waals surface area contributed by atoms with Gasteiger partial charge in [-0.15, -0.1) is 0 Å². The zero-order valence-corrected chi connectivity index (χ0v) is 47.4. The molecule has 1 rings (SSSR count). The van der Waals surface area contributed by atoms with Crippen LogP contribution < -0.4 is 10.6 Å². The average Bonchev–Trinajstić information content (AvgIpc) is 0.931. The monoisotopic (exact) mass is 1410 g/mol. The molecule has 0 spiro atoms. The number of hydrogen-bond donors (Lipinski definition) is 6. The van der Waals surface area contributed by atoms with Crippen molar-refractivity contribution in [1.82, 2.24) is 35.1 Å². The Kier molecular flexibility index (Phi) is 34.7. The number of unbranched alkanes of at least 4 members (excludes halogenated alkanes) is 1. The molecule has 6 N–H and O–H groups in total. The molecule has 0 aromatic heterocycles. The molecule has 0 aliphatic carbocycles. The predicted octanol–water partition coefficient (Wildman–Crippen LogP) is 2.93. The van der Waals surface area contributed by atoms with E-state index in [1.165, 1.54) is 21.8 Å². The summed E-state index contributed by atoms with van der Waals surface area (Å²) >= 11 is 0. The standard InChI is InChI=1S/C45H68F17N7O14.Gd/c1-65(10-8-38(46,47)39(48,49)40(50,51)41(52,53)42(54,55)43(56,57)44(58,59)45(60,61)62)37(79)31(5-3-4-9-63-33(72)29-83-24-23-82-22-21-81-20-19-80-2)64-32(71)7-6-30(70)25-66-11-13-67(26-34(73)74)15-17-69(28-36(77)78)18-16-68(14-12-66)27-35(75)76;/h30-31,70H,3-29H2,1-2H3,(H,63,72)(H,64,71)(H,73,74)(H,75,76)(H,77,78);/q;+2/t30?,31-;/m1./s1. The Balaban J connectivity index is 0.0000689. The number of nitrogens with zero attached hydrogens (tertiary/aromatic N) is 5. The van der Waals surface area contributed by atoms with Gasteiger partial charge in [0.1, 0.15) is 12.6 Å². The molecule has 1 unspecified atom stereocenters. The van der Waals surface area contributed by atoms with Crippen LogP contribution in [0, 0.1) is 39.9 Å². The van der Waals surface area contributed by atoms with Crippen molar-refractivity contribution < 1.29 is 183 Å². The summed E-state index contributed by atoms with van der Waals surface area (Å²) in [5.74, 6) is -65.1. The molecular weight excluding hydrogens is 1340 g/mol. The molecule has 3 amide bonds. The van der Waals surface area contributed by atoms with Crippen LogP contribution in [0.25, 0.3) is 0 Å². The molecule has 0 aromatic rings. The van der Waals surface area contributed by atoms with Gasteiger partial charge in [-0.05, 0) is 25.7 Å². The van der Waals surface area contributed by atoms with Crippen LogP contribution in [-0.4, -0.2) is 292 Å².